The molecule has 32 heavy (non-hydrogen) atoms. The Balaban J connectivity index is 2.19. The van der Waals surface area contributed by atoms with E-state index in [2.05, 4.69) is 29.0 Å². The third-order valence-electron chi connectivity index (χ3n) is 5.58. The number of carbonyl (C=O) groups excluding carboxylic acids is 2. The molecule has 0 saturated heterocycles. The van der Waals surface area contributed by atoms with Crippen LogP contribution in [-0.2, 0) is 9.47 Å². The van der Waals surface area contributed by atoms with Crippen molar-refractivity contribution in [2.24, 2.45) is 0 Å². The minimum atomic E-state index is -0.468. The van der Waals surface area contributed by atoms with E-state index in [9.17, 15) is 9.59 Å². The molecular weight excluding hydrogens is 410 g/mol. The molecule has 1 amide bonds. The molecule has 0 spiro atoms. The number of methoxy groups -OCH3 is 2. The molecule has 8 nitrogen and oxygen atoms in total. The summed E-state index contributed by atoms with van der Waals surface area (Å²) in [7, 11) is 3.18. The average Bonchev–Trinajstić information content (AvgIpc) is 3.10. The van der Waals surface area contributed by atoms with Crippen molar-refractivity contribution in [3.05, 3.63) is 52.3 Å². The van der Waals surface area contributed by atoms with E-state index in [1.165, 1.54) is 0 Å². The highest BCUT2D eigenvalue weighted by Crippen LogP contribution is 2.24. The fraction of sp³-hybridized carbons (Fsp3) is 0.500. The van der Waals surface area contributed by atoms with Crippen LogP contribution >= 0.6 is 0 Å². The minimum Gasteiger partial charge on any atom is -0.497 e. The Morgan fingerprint density at radius 1 is 1.12 bits per heavy atom. The van der Waals surface area contributed by atoms with Crippen molar-refractivity contribution in [1.82, 2.24) is 15.2 Å². The molecule has 0 aliphatic rings. The van der Waals surface area contributed by atoms with E-state index in [0.717, 1.165) is 24.4 Å². The second-order valence-electron chi connectivity index (χ2n) is 7.48. The Labute approximate surface area is 190 Å². The number of esters is 1. The lowest BCUT2D eigenvalue weighted by molar-refractivity contribution is 0.0387. The maximum absolute atomic E-state index is 13.0. The molecule has 0 aliphatic heterocycles. The van der Waals surface area contributed by atoms with E-state index >= 15 is 0 Å². The lowest BCUT2D eigenvalue weighted by Crippen LogP contribution is -2.38. The van der Waals surface area contributed by atoms with Crippen molar-refractivity contribution in [2.75, 3.05) is 47.1 Å². The van der Waals surface area contributed by atoms with Crippen molar-refractivity contribution < 1.29 is 23.8 Å². The monoisotopic (exact) mass is 445 g/mol. The first kappa shape index (κ1) is 25.4. The van der Waals surface area contributed by atoms with Gasteiger partial charge in [0.1, 0.15) is 18.1 Å². The van der Waals surface area contributed by atoms with Crippen LogP contribution in [0.3, 0.4) is 0 Å². The highest BCUT2D eigenvalue weighted by Gasteiger charge is 2.25. The summed E-state index contributed by atoms with van der Waals surface area (Å²) in [6, 6.07) is 7.87. The number of ether oxygens (including phenoxy) is 3. The zero-order valence-corrected chi connectivity index (χ0v) is 19.9. The molecule has 2 N–H and O–H groups in total. The van der Waals surface area contributed by atoms with Gasteiger partial charge in [0.05, 0.1) is 25.3 Å². The van der Waals surface area contributed by atoms with Gasteiger partial charge in [-0.2, -0.15) is 0 Å². The zero-order valence-electron chi connectivity index (χ0n) is 19.9. The summed E-state index contributed by atoms with van der Waals surface area (Å²) in [4.78, 5) is 30.8. The normalized spacial score (nSPS) is 12.0. The number of likely N-dealkylation sites (N-methyl/N-ethyl adjacent to an activating group) is 1. The zero-order chi connectivity index (χ0) is 23.7. The van der Waals surface area contributed by atoms with Crippen molar-refractivity contribution in [3.63, 3.8) is 0 Å². The van der Waals surface area contributed by atoms with Gasteiger partial charge < -0.3 is 24.5 Å². The summed E-state index contributed by atoms with van der Waals surface area (Å²) in [5, 5.41) is 3.03. The average molecular weight is 446 g/mol. The summed E-state index contributed by atoms with van der Waals surface area (Å²) in [5.41, 5.74) is 2.99. The van der Waals surface area contributed by atoms with E-state index in [-0.39, 0.29) is 18.6 Å². The van der Waals surface area contributed by atoms with E-state index in [1.54, 1.807) is 28.1 Å². The number of nitrogens with one attached hydrogen (secondary N) is 2. The smallest absolute Gasteiger partial charge is 0.340 e. The van der Waals surface area contributed by atoms with Gasteiger partial charge in [-0.15, -0.1) is 0 Å². The summed E-state index contributed by atoms with van der Waals surface area (Å²) in [5.74, 6) is 0.0461. The Hall–Kier alpha value is -2.84. The number of aryl methyl sites for hydroxylation is 1. The van der Waals surface area contributed by atoms with Crippen molar-refractivity contribution in [1.29, 1.82) is 0 Å². The van der Waals surface area contributed by atoms with Crippen LogP contribution in [-0.4, -0.2) is 68.8 Å². The molecule has 2 rings (SSSR count). The highest BCUT2D eigenvalue weighted by atomic mass is 16.6. The first-order valence-electron chi connectivity index (χ1n) is 10.9. The molecule has 0 bridgehead atoms. The molecule has 176 valence electrons. The van der Waals surface area contributed by atoms with Crippen LogP contribution in [0.4, 0.5) is 0 Å². The van der Waals surface area contributed by atoms with Gasteiger partial charge in [-0.3, -0.25) is 9.69 Å². The van der Waals surface area contributed by atoms with E-state index in [0.29, 0.717) is 35.7 Å². The lowest BCUT2D eigenvalue weighted by atomic mass is 10.0. The Morgan fingerprint density at radius 3 is 2.47 bits per heavy atom. The summed E-state index contributed by atoms with van der Waals surface area (Å²) < 4.78 is 15.5. The van der Waals surface area contributed by atoms with Gasteiger partial charge in [-0.1, -0.05) is 26.0 Å². The number of hydrogen-bond acceptors (Lipinski definition) is 6. The maximum Gasteiger partial charge on any atom is 0.340 e. The molecule has 1 aromatic carbocycles. The number of hydrogen-bond donors (Lipinski definition) is 2. The van der Waals surface area contributed by atoms with E-state index < -0.39 is 5.97 Å². The lowest BCUT2D eigenvalue weighted by Gasteiger charge is -2.30. The quantitative estimate of drug-likeness (QED) is 0.385. The van der Waals surface area contributed by atoms with Crippen LogP contribution in [0.1, 0.15) is 57.6 Å². The first-order chi connectivity index (χ1) is 15.4. The fourth-order valence-corrected chi connectivity index (χ4v) is 3.82. The second kappa shape index (κ2) is 12.3. The predicted molar refractivity (Wildman–Crippen MR) is 123 cm³/mol. The summed E-state index contributed by atoms with van der Waals surface area (Å²) in [6.07, 6.45) is 0. The molecule has 2 aromatic rings. The van der Waals surface area contributed by atoms with Gasteiger partial charge in [0.15, 0.2) is 0 Å². The number of rotatable bonds is 12. The first-order valence-corrected chi connectivity index (χ1v) is 10.9. The Kier molecular flexibility index (Phi) is 9.74. The fourth-order valence-electron chi connectivity index (χ4n) is 3.82. The van der Waals surface area contributed by atoms with Gasteiger partial charge in [-0.25, -0.2) is 4.79 Å². The molecule has 0 radical (unpaired) electrons. The largest absolute Gasteiger partial charge is 0.497 e. The molecule has 8 heteroatoms. The molecule has 0 fully saturated rings. The number of nitrogens with zero attached hydrogens (tertiary/aromatic N) is 1. The summed E-state index contributed by atoms with van der Waals surface area (Å²) in [6.45, 7) is 10.3. The van der Waals surface area contributed by atoms with Crippen LogP contribution in [0, 0.1) is 13.8 Å². The van der Waals surface area contributed by atoms with Crippen LogP contribution in [0.2, 0.25) is 0 Å². The van der Waals surface area contributed by atoms with Crippen LogP contribution in [0.5, 0.6) is 5.75 Å². The number of amides is 1. The number of carbonyl (C=O) groups is 2. The van der Waals surface area contributed by atoms with E-state index in [4.69, 9.17) is 14.2 Å². The molecule has 1 aromatic heterocycles. The molecule has 1 unspecified atom stereocenters. The molecule has 1 heterocycles. The summed E-state index contributed by atoms with van der Waals surface area (Å²) >= 11 is 0. The van der Waals surface area contributed by atoms with Crippen molar-refractivity contribution in [3.8, 4) is 5.75 Å². The van der Waals surface area contributed by atoms with E-state index in [1.807, 2.05) is 24.3 Å². The highest BCUT2D eigenvalue weighted by molar-refractivity contribution is 6.00. The topological polar surface area (TPSA) is 92.9 Å². The van der Waals surface area contributed by atoms with Gasteiger partial charge >= 0.3 is 5.97 Å². The third-order valence-corrected chi connectivity index (χ3v) is 5.58. The number of benzene rings is 1. The van der Waals surface area contributed by atoms with Crippen LogP contribution < -0.4 is 10.1 Å². The second-order valence-corrected chi connectivity index (χ2v) is 7.48. The SMILES string of the molecule is CCN(CC)C(CNC(=O)c1[nH]c(C)c(C(=O)OCCOC)c1C)c1cccc(OC)c1. The maximum atomic E-state index is 13.0. The van der Waals surface area contributed by atoms with Gasteiger partial charge in [-0.05, 0) is 50.2 Å². The molecular formula is C24H35N3O5. The Bertz CT molecular complexity index is 905. The standard InChI is InChI=1S/C24H35N3O5/c1-7-27(8-2)20(18-10-9-11-19(14-18)31-6)15-25-23(28)22-16(3)21(17(4)26-22)24(29)32-13-12-30-5/h9-11,14,20,26H,7-8,12-13,15H2,1-6H3,(H,25,28). The van der Waals surface area contributed by atoms with Crippen molar-refractivity contribution in [2.45, 2.75) is 33.7 Å². The third kappa shape index (κ3) is 6.11. The minimum absolute atomic E-state index is 0.0149. The molecule has 0 saturated carbocycles. The number of aromatic amines is 1. The van der Waals surface area contributed by atoms with Gasteiger partial charge in [0.25, 0.3) is 5.91 Å². The molecule has 1 atom stereocenters. The molecule has 0 aliphatic carbocycles. The van der Waals surface area contributed by atoms with Crippen LogP contribution in [0.15, 0.2) is 24.3 Å². The number of aromatic nitrogens is 1. The van der Waals surface area contributed by atoms with Crippen LogP contribution in [0.25, 0.3) is 0 Å². The Morgan fingerprint density at radius 2 is 1.84 bits per heavy atom. The van der Waals surface area contributed by atoms with Crippen molar-refractivity contribution >= 4 is 11.9 Å². The predicted octanol–water partition coefficient (Wildman–Crippen LogP) is 3.26. The van der Waals surface area contributed by atoms with Gasteiger partial charge in [0.2, 0.25) is 0 Å². The number of H-pyrrole nitrogens is 1. The van der Waals surface area contributed by atoms with Gasteiger partial charge in [0, 0.05) is 19.3 Å².